The third kappa shape index (κ3) is 5.10. The van der Waals surface area contributed by atoms with Crippen LogP contribution in [0.2, 0.25) is 0 Å². The average molecular weight is 243 g/mol. The summed E-state index contributed by atoms with van der Waals surface area (Å²) in [5.41, 5.74) is -0.764. The fourth-order valence-electron chi connectivity index (χ4n) is 1.44. The van der Waals surface area contributed by atoms with Gasteiger partial charge in [-0.25, -0.2) is 4.79 Å². The first kappa shape index (κ1) is 18.2. The Bertz CT molecular complexity index is 276. The number of ether oxygens (including phenoxy) is 1. The number of hydrogen-bond acceptors (Lipinski definition) is 2. The SMILES string of the molecule is CC.CC.CC#CC1COC(C)(C)N1C(=O)O. The Balaban J connectivity index is 0. The summed E-state index contributed by atoms with van der Waals surface area (Å²) in [4.78, 5) is 12.1. The molecule has 0 aromatic heterocycles. The summed E-state index contributed by atoms with van der Waals surface area (Å²) in [6.07, 6.45) is -0.991. The Morgan fingerprint density at radius 3 is 2.18 bits per heavy atom. The van der Waals surface area contributed by atoms with Crippen LogP contribution in [0, 0.1) is 11.8 Å². The largest absolute Gasteiger partial charge is 0.465 e. The van der Waals surface area contributed by atoms with Gasteiger partial charge in [-0.05, 0) is 20.8 Å². The monoisotopic (exact) mass is 243 g/mol. The van der Waals surface area contributed by atoms with E-state index in [4.69, 9.17) is 9.84 Å². The topological polar surface area (TPSA) is 49.8 Å². The van der Waals surface area contributed by atoms with Crippen LogP contribution in [0.4, 0.5) is 4.79 Å². The van der Waals surface area contributed by atoms with Crippen molar-refractivity contribution in [1.29, 1.82) is 0 Å². The summed E-state index contributed by atoms with van der Waals surface area (Å²) >= 11 is 0. The van der Waals surface area contributed by atoms with Crippen molar-refractivity contribution in [2.24, 2.45) is 0 Å². The van der Waals surface area contributed by atoms with E-state index in [0.717, 1.165) is 0 Å². The van der Waals surface area contributed by atoms with Crippen molar-refractivity contribution in [2.45, 2.75) is 60.2 Å². The van der Waals surface area contributed by atoms with E-state index in [0.29, 0.717) is 6.61 Å². The maximum atomic E-state index is 10.9. The van der Waals surface area contributed by atoms with Crippen LogP contribution in [0.15, 0.2) is 0 Å². The Hall–Kier alpha value is -1.21. The standard InChI is InChI=1S/C9H13NO3.2C2H6/c1-4-5-7-6-13-9(2,3)10(7)8(11)12;2*1-2/h7H,6H2,1-3H3,(H,11,12);2*1-2H3. The van der Waals surface area contributed by atoms with Gasteiger partial charge in [0.15, 0.2) is 0 Å². The van der Waals surface area contributed by atoms with Crippen LogP contribution >= 0.6 is 0 Å². The van der Waals surface area contributed by atoms with Gasteiger partial charge < -0.3 is 9.84 Å². The molecule has 0 aromatic rings. The summed E-state index contributed by atoms with van der Waals surface area (Å²) in [5.74, 6) is 5.50. The molecule has 1 heterocycles. The van der Waals surface area contributed by atoms with Crippen molar-refractivity contribution in [3.05, 3.63) is 0 Å². The molecule has 1 amide bonds. The molecular weight excluding hydrogens is 218 g/mol. The van der Waals surface area contributed by atoms with Gasteiger partial charge in [-0.15, -0.1) is 5.92 Å². The number of carbonyl (C=O) groups is 1. The second-order valence-electron chi connectivity index (χ2n) is 3.32. The van der Waals surface area contributed by atoms with E-state index in [-0.39, 0.29) is 6.04 Å². The second-order valence-corrected chi connectivity index (χ2v) is 3.32. The van der Waals surface area contributed by atoms with Crippen LogP contribution in [-0.4, -0.2) is 34.5 Å². The quantitative estimate of drug-likeness (QED) is 0.665. The third-order valence-electron chi connectivity index (χ3n) is 2.00. The molecule has 1 rings (SSSR count). The first-order chi connectivity index (χ1) is 7.99. The summed E-state index contributed by atoms with van der Waals surface area (Å²) < 4.78 is 5.32. The van der Waals surface area contributed by atoms with Crippen molar-refractivity contribution < 1.29 is 14.6 Å². The molecule has 0 bridgehead atoms. The van der Waals surface area contributed by atoms with Crippen LogP contribution in [0.25, 0.3) is 0 Å². The Morgan fingerprint density at radius 1 is 1.35 bits per heavy atom. The van der Waals surface area contributed by atoms with Gasteiger partial charge in [0.05, 0.1) is 6.61 Å². The molecule has 0 spiro atoms. The summed E-state index contributed by atoms with van der Waals surface area (Å²) in [6.45, 7) is 13.5. The highest BCUT2D eigenvalue weighted by molar-refractivity contribution is 5.67. The Labute approximate surface area is 105 Å². The maximum Gasteiger partial charge on any atom is 0.410 e. The van der Waals surface area contributed by atoms with Crippen LogP contribution < -0.4 is 0 Å². The van der Waals surface area contributed by atoms with Gasteiger partial charge >= 0.3 is 6.09 Å². The lowest BCUT2D eigenvalue weighted by atomic mass is 10.2. The van der Waals surface area contributed by atoms with Crippen molar-refractivity contribution in [2.75, 3.05) is 6.61 Å². The van der Waals surface area contributed by atoms with Crippen LogP contribution in [0.3, 0.4) is 0 Å². The lowest BCUT2D eigenvalue weighted by Crippen LogP contribution is -2.46. The molecule has 4 nitrogen and oxygen atoms in total. The van der Waals surface area contributed by atoms with Crippen molar-refractivity contribution in [3.8, 4) is 11.8 Å². The van der Waals surface area contributed by atoms with Gasteiger partial charge in [-0.1, -0.05) is 33.6 Å². The van der Waals surface area contributed by atoms with Crippen LogP contribution in [0.5, 0.6) is 0 Å². The molecule has 1 aliphatic rings. The normalized spacial score (nSPS) is 19.9. The molecule has 17 heavy (non-hydrogen) atoms. The summed E-state index contributed by atoms with van der Waals surface area (Å²) in [7, 11) is 0. The third-order valence-corrected chi connectivity index (χ3v) is 2.00. The van der Waals surface area contributed by atoms with E-state index in [9.17, 15) is 4.79 Å². The number of hydrogen-bond donors (Lipinski definition) is 1. The smallest absolute Gasteiger partial charge is 0.410 e. The average Bonchev–Trinajstić information content (AvgIpc) is 2.60. The van der Waals surface area contributed by atoms with E-state index in [1.54, 1.807) is 20.8 Å². The number of carboxylic acid groups (broad SMARTS) is 1. The Kier molecular flexibility index (Phi) is 9.49. The van der Waals surface area contributed by atoms with Crippen molar-refractivity contribution >= 4 is 6.09 Å². The molecule has 0 saturated carbocycles. The molecule has 4 heteroatoms. The van der Waals surface area contributed by atoms with E-state index < -0.39 is 11.8 Å². The highest BCUT2D eigenvalue weighted by Gasteiger charge is 2.43. The molecule has 0 radical (unpaired) electrons. The van der Waals surface area contributed by atoms with Gasteiger partial charge in [0.2, 0.25) is 0 Å². The highest BCUT2D eigenvalue weighted by atomic mass is 16.5. The summed E-state index contributed by atoms with van der Waals surface area (Å²) in [5, 5.41) is 8.92. The molecule has 1 unspecified atom stereocenters. The molecule has 1 saturated heterocycles. The van der Waals surface area contributed by atoms with E-state index in [2.05, 4.69) is 11.8 Å². The number of amides is 1. The van der Waals surface area contributed by atoms with Crippen molar-refractivity contribution in [3.63, 3.8) is 0 Å². The molecule has 0 aromatic carbocycles. The van der Waals surface area contributed by atoms with E-state index in [1.807, 2.05) is 27.7 Å². The van der Waals surface area contributed by atoms with Crippen LogP contribution in [-0.2, 0) is 4.74 Å². The minimum Gasteiger partial charge on any atom is -0.465 e. The predicted octanol–water partition coefficient (Wildman–Crippen LogP) is 3.18. The second kappa shape index (κ2) is 8.89. The van der Waals surface area contributed by atoms with Gasteiger partial charge in [-0.2, -0.15) is 0 Å². The zero-order valence-electron chi connectivity index (χ0n) is 12.0. The van der Waals surface area contributed by atoms with Crippen LogP contribution in [0.1, 0.15) is 48.5 Å². The zero-order valence-corrected chi connectivity index (χ0v) is 12.0. The highest BCUT2D eigenvalue weighted by Crippen LogP contribution is 2.26. The lowest BCUT2D eigenvalue weighted by Gasteiger charge is -2.28. The van der Waals surface area contributed by atoms with Crippen molar-refractivity contribution in [1.82, 2.24) is 4.90 Å². The van der Waals surface area contributed by atoms with Gasteiger partial charge in [0.1, 0.15) is 11.8 Å². The molecule has 1 N–H and O–H groups in total. The van der Waals surface area contributed by atoms with Gasteiger partial charge in [0.25, 0.3) is 0 Å². The van der Waals surface area contributed by atoms with Gasteiger partial charge in [0, 0.05) is 0 Å². The first-order valence-electron chi connectivity index (χ1n) is 6.07. The molecule has 1 fully saturated rings. The number of rotatable bonds is 0. The molecule has 1 aliphatic heterocycles. The molecule has 0 aliphatic carbocycles. The van der Waals surface area contributed by atoms with E-state index >= 15 is 0 Å². The fraction of sp³-hybridized carbons (Fsp3) is 0.769. The first-order valence-corrected chi connectivity index (χ1v) is 6.07. The molecule has 100 valence electrons. The van der Waals surface area contributed by atoms with Gasteiger partial charge in [-0.3, -0.25) is 4.90 Å². The minimum absolute atomic E-state index is 0.336. The minimum atomic E-state index is -0.991. The van der Waals surface area contributed by atoms with E-state index in [1.165, 1.54) is 4.90 Å². The molecule has 1 atom stereocenters. The maximum absolute atomic E-state index is 10.9. The summed E-state index contributed by atoms with van der Waals surface area (Å²) in [6, 6.07) is -0.336. The Morgan fingerprint density at radius 2 is 1.82 bits per heavy atom. The number of nitrogens with zero attached hydrogens (tertiary/aromatic N) is 1. The zero-order chi connectivity index (χ0) is 14.1. The molecular formula is C13H25NO3. The predicted molar refractivity (Wildman–Crippen MR) is 69.8 cm³/mol. The lowest BCUT2D eigenvalue weighted by molar-refractivity contribution is -0.0407. The fourth-order valence-corrected chi connectivity index (χ4v) is 1.44.